The number of carbonyl (C=O) groups excluding carboxylic acids is 1. The number of amides is 1. The van der Waals surface area contributed by atoms with Gasteiger partial charge in [-0.05, 0) is 29.0 Å². The van der Waals surface area contributed by atoms with Crippen LogP contribution in [0.2, 0.25) is 0 Å². The highest BCUT2D eigenvalue weighted by Gasteiger charge is 2.14. The van der Waals surface area contributed by atoms with E-state index >= 15 is 0 Å². The number of hydrogen-bond donors (Lipinski definition) is 2. The molecule has 2 aromatic carbocycles. The highest BCUT2D eigenvalue weighted by atomic mass is 16.1. The maximum absolute atomic E-state index is 12.4. The minimum Gasteiger partial charge on any atom is -0.321 e. The Labute approximate surface area is 126 Å². The number of aromatic nitrogens is 3. The highest BCUT2D eigenvalue weighted by molar-refractivity contribution is 6.11. The molecule has 0 spiro atoms. The number of hydrogen-bond acceptors (Lipinski definition) is 3. The summed E-state index contributed by atoms with van der Waals surface area (Å²) in [5.41, 5.74) is 1.87. The van der Waals surface area contributed by atoms with E-state index in [9.17, 15) is 4.79 Å². The SMILES string of the molecule is O=C(Nc1ccc2ccccc2c1)c1n[nH]c2ccncc12. The molecule has 0 fully saturated rings. The van der Waals surface area contributed by atoms with Crippen molar-refractivity contribution in [2.24, 2.45) is 0 Å². The zero-order chi connectivity index (χ0) is 14.9. The lowest BCUT2D eigenvalue weighted by molar-refractivity contribution is 0.102. The van der Waals surface area contributed by atoms with E-state index in [4.69, 9.17) is 0 Å². The Balaban J connectivity index is 1.68. The fourth-order valence-electron chi connectivity index (χ4n) is 2.49. The Kier molecular flexibility index (Phi) is 2.83. The molecule has 2 heterocycles. The van der Waals surface area contributed by atoms with E-state index in [1.54, 1.807) is 18.5 Å². The molecule has 5 heteroatoms. The number of nitrogens with zero attached hydrogens (tertiary/aromatic N) is 2. The molecular formula is C17H12N4O. The smallest absolute Gasteiger partial charge is 0.276 e. The number of nitrogens with one attached hydrogen (secondary N) is 2. The first-order chi connectivity index (χ1) is 10.8. The summed E-state index contributed by atoms with van der Waals surface area (Å²) in [6.07, 6.45) is 3.29. The van der Waals surface area contributed by atoms with Crippen LogP contribution in [0.25, 0.3) is 21.7 Å². The summed E-state index contributed by atoms with van der Waals surface area (Å²) in [7, 11) is 0. The van der Waals surface area contributed by atoms with Crippen LogP contribution in [0.4, 0.5) is 5.69 Å². The first-order valence-corrected chi connectivity index (χ1v) is 6.89. The number of aromatic amines is 1. The molecule has 106 valence electrons. The van der Waals surface area contributed by atoms with Gasteiger partial charge in [-0.1, -0.05) is 30.3 Å². The Bertz CT molecular complexity index is 990. The van der Waals surface area contributed by atoms with Crippen LogP contribution in [-0.4, -0.2) is 21.1 Å². The molecule has 0 saturated heterocycles. The van der Waals surface area contributed by atoms with Crippen LogP contribution in [0.5, 0.6) is 0 Å². The van der Waals surface area contributed by atoms with E-state index < -0.39 is 0 Å². The van der Waals surface area contributed by atoms with E-state index in [2.05, 4.69) is 20.5 Å². The maximum Gasteiger partial charge on any atom is 0.276 e. The third-order valence-electron chi connectivity index (χ3n) is 3.59. The van der Waals surface area contributed by atoms with Gasteiger partial charge in [0.25, 0.3) is 5.91 Å². The van der Waals surface area contributed by atoms with Gasteiger partial charge in [0.1, 0.15) is 0 Å². The van der Waals surface area contributed by atoms with Crippen molar-refractivity contribution in [1.82, 2.24) is 15.2 Å². The van der Waals surface area contributed by atoms with Crippen molar-refractivity contribution in [3.05, 3.63) is 66.6 Å². The summed E-state index contributed by atoms with van der Waals surface area (Å²) in [6.45, 7) is 0. The number of pyridine rings is 1. The molecule has 0 saturated carbocycles. The Hall–Kier alpha value is -3.21. The third kappa shape index (κ3) is 2.09. The minimum atomic E-state index is -0.255. The molecule has 0 radical (unpaired) electrons. The Morgan fingerprint density at radius 1 is 1.05 bits per heavy atom. The Morgan fingerprint density at radius 3 is 2.82 bits per heavy atom. The molecule has 0 unspecified atom stereocenters. The van der Waals surface area contributed by atoms with Crippen LogP contribution in [0, 0.1) is 0 Å². The van der Waals surface area contributed by atoms with Crippen molar-refractivity contribution >= 4 is 33.3 Å². The van der Waals surface area contributed by atoms with Gasteiger partial charge in [0.2, 0.25) is 0 Å². The van der Waals surface area contributed by atoms with E-state index in [0.717, 1.165) is 22.0 Å². The number of fused-ring (bicyclic) bond motifs is 2. The zero-order valence-electron chi connectivity index (χ0n) is 11.6. The molecule has 5 nitrogen and oxygen atoms in total. The number of H-pyrrole nitrogens is 1. The van der Waals surface area contributed by atoms with E-state index in [1.807, 2.05) is 42.5 Å². The van der Waals surface area contributed by atoms with Gasteiger partial charge in [-0.25, -0.2) is 0 Å². The summed E-state index contributed by atoms with van der Waals surface area (Å²) < 4.78 is 0. The molecule has 0 aliphatic heterocycles. The van der Waals surface area contributed by atoms with Gasteiger partial charge in [0.15, 0.2) is 5.69 Å². The number of rotatable bonds is 2. The van der Waals surface area contributed by atoms with Crippen LogP contribution in [-0.2, 0) is 0 Å². The van der Waals surface area contributed by atoms with Crippen molar-refractivity contribution in [2.75, 3.05) is 5.32 Å². The maximum atomic E-state index is 12.4. The average molecular weight is 288 g/mol. The molecular weight excluding hydrogens is 276 g/mol. The predicted molar refractivity (Wildman–Crippen MR) is 85.8 cm³/mol. The molecule has 1 amide bonds. The number of carbonyl (C=O) groups is 1. The van der Waals surface area contributed by atoms with E-state index in [0.29, 0.717) is 11.1 Å². The fourth-order valence-corrected chi connectivity index (χ4v) is 2.49. The molecule has 2 aromatic heterocycles. The summed E-state index contributed by atoms with van der Waals surface area (Å²) in [6, 6.07) is 15.6. The van der Waals surface area contributed by atoms with Gasteiger partial charge in [-0.2, -0.15) is 5.10 Å². The lowest BCUT2D eigenvalue weighted by Gasteiger charge is -2.05. The molecule has 4 rings (SSSR count). The third-order valence-corrected chi connectivity index (χ3v) is 3.59. The first kappa shape index (κ1) is 12.5. The van der Waals surface area contributed by atoms with Gasteiger partial charge < -0.3 is 5.32 Å². The average Bonchev–Trinajstić information content (AvgIpc) is 2.99. The number of benzene rings is 2. The summed E-state index contributed by atoms with van der Waals surface area (Å²) in [5, 5.41) is 12.7. The molecule has 0 atom stereocenters. The quantitative estimate of drug-likeness (QED) is 0.594. The van der Waals surface area contributed by atoms with Crippen LogP contribution in [0.3, 0.4) is 0 Å². The zero-order valence-corrected chi connectivity index (χ0v) is 11.6. The summed E-state index contributed by atoms with van der Waals surface area (Å²) >= 11 is 0. The summed E-state index contributed by atoms with van der Waals surface area (Å²) in [5.74, 6) is -0.255. The highest BCUT2D eigenvalue weighted by Crippen LogP contribution is 2.20. The molecule has 22 heavy (non-hydrogen) atoms. The van der Waals surface area contributed by atoms with Crippen LogP contribution in [0.1, 0.15) is 10.5 Å². The van der Waals surface area contributed by atoms with Crippen molar-refractivity contribution < 1.29 is 4.79 Å². The van der Waals surface area contributed by atoms with E-state index in [1.165, 1.54) is 0 Å². The molecule has 0 aliphatic carbocycles. The molecule has 2 N–H and O–H groups in total. The molecule has 0 bridgehead atoms. The van der Waals surface area contributed by atoms with Gasteiger partial charge in [-0.15, -0.1) is 0 Å². The first-order valence-electron chi connectivity index (χ1n) is 6.89. The second kappa shape index (κ2) is 4.96. The van der Waals surface area contributed by atoms with Crippen molar-refractivity contribution in [1.29, 1.82) is 0 Å². The van der Waals surface area contributed by atoms with Gasteiger partial charge >= 0.3 is 0 Å². The second-order valence-electron chi connectivity index (χ2n) is 5.01. The standard InChI is InChI=1S/C17H12N4O/c22-17(16-14-10-18-8-7-15(14)20-21-16)19-13-6-5-11-3-1-2-4-12(11)9-13/h1-10H,(H,19,22)(H,20,21). The van der Waals surface area contributed by atoms with Crippen LogP contribution in [0.15, 0.2) is 60.9 Å². The molecule has 4 aromatic rings. The second-order valence-corrected chi connectivity index (χ2v) is 5.01. The lowest BCUT2D eigenvalue weighted by atomic mass is 10.1. The van der Waals surface area contributed by atoms with Crippen LogP contribution >= 0.6 is 0 Å². The topological polar surface area (TPSA) is 70.7 Å². The fraction of sp³-hybridized carbons (Fsp3) is 0. The molecule has 0 aliphatic rings. The lowest BCUT2D eigenvalue weighted by Crippen LogP contribution is -2.12. The van der Waals surface area contributed by atoms with Crippen LogP contribution < -0.4 is 5.32 Å². The largest absolute Gasteiger partial charge is 0.321 e. The summed E-state index contributed by atoms with van der Waals surface area (Å²) in [4.78, 5) is 16.4. The van der Waals surface area contributed by atoms with Gasteiger partial charge in [-0.3, -0.25) is 14.9 Å². The van der Waals surface area contributed by atoms with Crippen molar-refractivity contribution in [2.45, 2.75) is 0 Å². The number of anilines is 1. The predicted octanol–water partition coefficient (Wildman–Crippen LogP) is 3.36. The Morgan fingerprint density at radius 2 is 1.91 bits per heavy atom. The monoisotopic (exact) mass is 288 g/mol. The van der Waals surface area contributed by atoms with Crippen molar-refractivity contribution in [3.63, 3.8) is 0 Å². The van der Waals surface area contributed by atoms with E-state index in [-0.39, 0.29) is 5.91 Å². The normalized spacial score (nSPS) is 10.9. The van der Waals surface area contributed by atoms with Crippen molar-refractivity contribution in [3.8, 4) is 0 Å². The minimum absolute atomic E-state index is 0.255. The van der Waals surface area contributed by atoms with Gasteiger partial charge in [0, 0.05) is 18.1 Å². The van der Waals surface area contributed by atoms with Gasteiger partial charge in [0.05, 0.1) is 10.9 Å².